The largest absolute Gasteiger partial charge is 0.330 e. The topological polar surface area (TPSA) is 53.0 Å². The minimum absolute atomic E-state index is 0. The highest BCUT2D eigenvalue weighted by Gasteiger charge is 2.32. The average Bonchev–Trinajstić information content (AvgIpc) is 2.73. The molecule has 1 aromatic rings. The Morgan fingerprint density at radius 1 is 1.39 bits per heavy atom. The Hall–Kier alpha value is -1.08. The highest BCUT2D eigenvalue weighted by molar-refractivity contribution is 5.85. The van der Waals surface area contributed by atoms with Crippen molar-refractivity contribution in [1.82, 2.24) is 4.90 Å². The van der Waals surface area contributed by atoms with Crippen LogP contribution >= 0.6 is 12.4 Å². The number of hydrogen-bond acceptors (Lipinski definition) is 3. The summed E-state index contributed by atoms with van der Waals surface area (Å²) in [6.07, 6.45) is 1.18. The molecule has 0 amide bonds. The highest BCUT2D eigenvalue weighted by atomic mass is 35.5. The van der Waals surface area contributed by atoms with E-state index >= 15 is 0 Å². The Morgan fingerprint density at radius 3 is 2.56 bits per heavy atom. The Balaban J connectivity index is 0.00000162. The average molecular weight is 266 g/mol. The van der Waals surface area contributed by atoms with Crippen molar-refractivity contribution in [3.05, 3.63) is 35.4 Å². The first-order valence-electron chi connectivity index (χ1n) is 6.07. The SMILES string of the molecule is CC1(CN)CCN(Cc2ccc(C#N)cc2)C1.Cl. The van der Waals surface area contributed by atoms with Gasteiger partial charge in [0.15, 0.2) is 0 Å². The van der Waals surface area contributed by atoms with Gasteiger partial charge in [0, 0.05) is 13.1 Å². The lowest BCUT2D eigenvalue weighted by atomic mass is 9.90. The zero-order valence-electron chi connectivity index (χ0n) is 10.7. The number of halogens is 1. The molecule has 1 atom stereocenters. The molecule has 18 heavy (non-hydrogen) atoms. The molecule has 4 heteroatoms. The molecule has 3 nitrogen and oxygen atoms in total. The third-order valence-corrected chi connectivity index (χ3v) is 3.62. The Morgan fingerprint density at radius 2 is 2.06 bits per heavy atom. The molecule has 0 spiro atoms. The summed E-state index contributed by atoms with van der Waals surface area (Å²) in [4.78, 5) is 2.44. The molecule has 2 rings (SSSR count). The molecule has 1 aliphatic rings. The van der Waals surface area contributed by atoms with Gasteiger partial charge in [-0.2, -0.15) is 5.26 Å². The van der Waals surface area contributed by atoms with Gasteiger partial charge >= 0.3 is 0 Å². The molecule has 98 valence electrons. The van der Waals surface area contributed by atoms with Crippen molar-refractivity contribution in [2.24, 2.45) is 11.1 Å². The van der Waals surface area contributed by atoms with Crippen LogP contribution in [0.25, 0.3) is 0 Å². The molecular formula is C14H20ClN3. The number of hydrogen-bond donors (Lipinski definition) is 1. The van der Waals surface area contributed by atoms with Gasteiger partial charge in [-0.3, -0.25) is 4.90 Å². The highest BCUT2D eigenvalue weighted by Crippen LogP contribution is 2.29. The first kappa shape index (κ1) is 15.0. The summed E-state index contributed by atoms with van der Waals surface area (Å²) < 4.78 is 0. The van der Waals surface area contributed by atoms with Gasteiger partial charge in [0.2, 0.25) is 0 Å². The van der Waals surface area contributed by atoms with E-state index in [1.54, 1.807) is 0 Å². The molecule has 1 heterocycles. The molecular weight excluding hydrogens is 246 g/mol. The molecule has 0 radical (unpaired) electrons. The van der Waals surface area contributed by atoms with Gasteiger partial charge in [0.25, 0.3) is 0 Å². The van der Waals surface area contributed by atoms with Gasteiger partial charge in [0.1, 0.15) is 0 Å². The molecule has 0 bridgehead atoms. The number of nitriles is 1. The smallest absolute Gasteiger partial charge is 0.0991 e. The van der Waals surface area contributed by atoms with E-state index in [1.807, 2.05) is 24.3 Å². The van der Waals surface area contributed by atoms with E-state index in [-0.39, 0.29) is 17.8 Å². The van der Waals surface area contributed by atoms with Crippen molar-refractivity contribution in [2.75, 3.05) is 19.6 Å². The van der Waals surface area contributed by atoms with Crippen molar-refractivity contribution in [3.8, 4) is 6.07 Å². The zero-order valence-corrected chi connectivity index (χ0v) is 11.5. The van der Waals surface area contributed by atoms with E-state index in [9.17, 15) is 0 Å². The second-order valence-corrected chi connectivity index (χ2v) is 5.28. The summed E-state index contributed by atoms with van der Waals surface area (Å²) in [7, 11) is 0. The molecule has 1 fully saturated rings. The lowest BCUT2D eigenvalue weighted by Gasteiger charge is -2.22. The second-order valence-electron chi connectivity index (χ2n) is 5.28. The van der Waals surface area contributed by atoms with Gasteiger partial charge in [-0.25, -0.2) is 0 Å². The number of benzene rings is 1. The molecule has 0 aliphatic carbocycles. The maximum atomic E-state index is 8.74. The molecule has 1 aromatic carbocycles. The van der Waals surface area contributed by atoms with Crippen LogP contribution in [0.3, 0.4) is 0 Å². The number of likely N-dealkylation sites (tertiary alicyclic amines) is 1. The molecule has 1 aliphatic heterocycles. The van der Waals surface area contributed by atoms with Crippen molar-refractivity contribution >= 4 is 12.4 Å². The van der Waals surface area contributed by atoms with Crippen LogP contribution < -0.4 is 5.73 Å². The summed E-state index contributed by atoms with van der Waals surface area (Å²) in [5.41, 5.74) is 8.08. The van der Waals surface area contributed by atoms with E-state index in [1.165, 1.54) is 12.0 Å². The zero-order chi connectivity index (χ0) is 12.3. The quantitative estimate of drug-likeness (QED) is 0.911. The predicted molar refractivity (Wildman–Crippen MR) is 75.5 cm³/mol. The maximum Gasteiger partial charge on any atom is 0.0991 e. The van der Waals surface area contributed by atoms with Crippen molar-refractivity contribution < 1.29 is 0 Å². The van der Waals surface area contributed by atoms with Crippen LogP contribution in [-0.2, 0) is 6.54 Å². The predicted octanol–water partition coefficient (Wildman–Crippen LogP) is 2.15. The Labute approximate surface area is 115 Å². The monoisotopic (exact) mass is 265 g/mol. The number of nitrogens with zero attached hydrogens (tertiary/aromatic N) is 2. The summed E-state index contributed by atoms with van der Waals surface area (Å²) in [5.74, 6) is 0. The number of nitrogens with two attached hydrogens (primary N) is 1. The maximum absolute atomic E-state index is 8.74. The molecule has 0 saturated carbocycles. The normalized spacial score (nSPS) is 23.4. The lowest BCUT2D eigenvalue weighted by Crippen LogP contribution is -2.31. The van der Waals surface area contributed by atoms with Crippen LogP contribution in [0.2, 0.25) is 0 Å². The van der Waals surface area contributed by atoms with Gasteiger partial charge in [-0.05, 0) is 42.6 Å². The van der Waals surface area contributed by atoms with Gasteiger partial charge in [0.05, 0.1) is 11.6 Å². The van der Waals surface area contributed by atoms with Crippen molar-refractivity contribution in [2.45, 2.75) is 19.9 Å². The second kappa shape index (κ2) is 6.19. The van der Waals surface area contributed by atoms with E-state index in [0.29, 0.717) is 0 Å². The third-order valence-electron chi connectivity index (χ3n) is 3.62. The summed E-state index contributed by atoms with van der Waals surface area (Å²) in [6, 6.07) is 9.98. The van der Waals surface area contributed by atoms with Crippen LogP contribution in [0, 0.1) is 16.7 Å². The fraction of sp³-hybridized carbons (Fsp3) is 0.500. The standard InChI is InChI=1S/C14H19N3.ClH/c1-14(10-16)6-7-17(11-14)9-13-4-2-12(8-15)3-5-13;/h2-5H,6-7,9-11,16H2,1H3;1H. The summed E-state index contributed by atoms with van der Waals surface area (Å²) in [5, 5.41) is 8.74. The first-order chi connectivity index (χ1) is 8.15. The fourth-order valence-corrected chi connectivity index (χ4v) is 2.37. The van der Waals surface area contributed by atoms with Gasteiger partial charge < -0.3 is 5.73 Å². The Bertz CT molecular complexity index is 424. The van der Waals surface area contributed by atoms with Crippen molar-refractivity contribution in [1.29, 1.82) is 5.26 Å². The fourth-order valence-electron chi connectivity index (χ4n) is 2.37. The minimum atomic E-state index is 0. The molecule has 0 aromatic heterocycles. The van der Waals surface area contributed by atoms with Crippen LogP contribution in [0.1, 0.15) is 24.5 Å². The van der Waals surface area contributed by atoms with Gasteiger partial charge in [-0.1, -0.05) is 19.1 Å². The van der Waals surface area contributed by atoms with E-state index < -0.39 is 0 Å². The van der Waals surface area contributed by atoms with Crippen LogP contribution in [0.15, 0.2) is 24.3 Å². The number of rotatable bonds is 3. The van der Waals surface area contributed by atoms with Crippen LogP contribution in [0.5, 0.6) is 0 Å². The molecule has 1 unspecified atom stereocenters. The van der Waals surface area contributed by atoms with E-state index in [2.05, 4.69) is 17.9 Å². The lowest BCUT2D eigenvalue weighted by molar-refractivity contribution is 0.274. The van der Waals surface area contributed by atoms with Crippen molar-refractivity contribution in [3.63, 3.8) is 0 Å². The third kappa shape index (κ3) is 3.46. The minimum Gasteiger partial charge on any atom is -0.330 e. The Kier molecular flexibility index (Phi) is 5.15. The van der Waals surface area contributed by atoms with E-state index in [0.717, 1.165) is 31.7 Å². The first-order valence-corrected chi connectivity index (χ1v) is 6.07. The van der Waals surface area contributed by atoms with Crippen LogP contribution in [0.4, 0.5) is 0 Å². The molecule has 2 N–H and O–H groups in total. The van der Waals surface area contributed by atoms with Crippen LogP contribution in [-0.4, -0.2) is 24.5 Å². The van der Waals surface area contributed by atoms with Gasteiger partial charge in [-0.15, -0.1) is 12.4 Å². The summed E-state index contributed by atoms with van der Waals surface area (Å²) >= 11 is 0. The molecule has 1 saturated heterocycles. The summed E-state index contributed by atoms with van der Waals surface area (Å²) in [6.45, 7) is 6.17. The van der Waals surface area contributed by atoms with E-state index in [4.69, 9.17) is 11.0 Å².